The van der Waals surface area contributed by atoms with Gasteiger partial charge in [0, 0.05) is 10.8 Å². The van der Waals surface area contributed by atoms with Crippen LogP contribution < -0.4 is 0 Å². The Morgan fingerprint density at radius 2 is 1.81 bits per heavy atom. The van der Waals surface area contributed by atoms with Gasteiger partial charge in [-0.25, -0.2) is 0 Å². The fraction of sp³-hybridized carbons (Fsp3) is 0.217. The molecule has 0 aliphatic heterocycles. The molecule has 160 valence electrons. The number of aromatic nitrogens is 3. The van der Waals surface area contributed by atoms with Gasteiger partial charge in [0.25, 0.3) is 0 Å². The average molecular weight is 472 g/mol. The van der Waals surface area contributed by atoms with Crippen LogP contribution in [0.15, 0.2) is 77.3 Å². The Labute approximate surface area is 194 Å². The van der Waals surface area contributed by atoms with Crippen molar-refractivity contribution in [1.29, 1.82) is 0 Å². The summed E-state index contributed by atoms with van der Waals surface area (Å²) in [5, 5.41) is 22.7. The SMILES string of the molecule is OC(COCc1ccc(Cl)cc1)CSc1nnc(-c2cccs2)n1Cc1ccccc1. The van der Waals surface area contributed by atoms with Crippen LogP contribution >= 0.6 is 34.7 Å². The molecule has 0 fully saturated rings. The highest BCUT2D eigenvalue weighted by atomic mass is 35.5. The fourth-order valence-corrected chi connectivity index (χ4v) is 4.69. The van der Waals surface area contributed by atoms with Gasteiger partial charge in [-0.05, 0) is 34.7 Å². The van der Waals surface area contributed by atoms with E-state index < -0.39 is 6.10 Å². The van der Waals surface area contributed by atoms with E-state index in [2.05, 4.69) is 26.9 Å². The first kappa shape index (κ1) is 22.0. The molecule has 31 heavy (non-hydrogen) atoms. The summed E-state index contributed by atoms with van der Waals surface area (Å²) in [7, 11) is 0. The topological polar surface area (TPSA) is 60.2 Å². The summed E-state index contributed by atoms with van der Waals surface area (Å²) >= 11 is 9.02. The summed E-state index contributed by atoms with van der Waals surface area (Å²) < 4.78 is 7.76. The minimum atomic E-state index is -0.607. The third kappa shape index (κ3) is 6.18. The van der Waals surface area contributed by atoms with Crippen molar-refractivity contribution in [3.8, 4) is 10.7 Å². The maximum Gasteiger partial charge on any atom is 0.191 e. The highest BCUT2D eigenvalue weighted by Crippen LogP contribution is 2.28. The second-order valence-corrected chi connectivity index (χ2v) is 9.33. The number of hydrogen-bond donors (Lipinski definition) is 1. The van der Waals surface area contributed by atoms with Crippen LogP contribution in [-0.4, -0.2) is 38.3 Å². The van der Waals surface area contributed by atoms with E-state index in [0.717, 1.165) is 21.4 Å². The fourth-order valence-electron chi connectivity index (χ4n) is 3.00. The van der Waals surface area contributed by atoms with Gasteiger partial charge in [-0.15, -0.1) is 21.5 Å². The largest absolute Gasteiger partial charge is 0.390 e. The van der Waals surface area contributed by atoms with Crippen molar-refractivity contribution in [2.45, 2.75) is 24.4 Å². The van der Waals surface area contributed by atoms with Gasteiger partial charge in [-0.3, -0.25) is 4.57 Å². The van der Waals surface area contributed by atoms with Gasteiger partial charge in [-0.2, -0.15) is 0 Å². The van der Waals surface area contributed by atoms with Crippen molar-refractivity contribution in [1.82, 2.24) is 14.8 Å². The molecule has 2 aromatic carbocycles. The molecule has 2 heterocycles. The van der Waals surface area contributed by atoms with Crippen molar-refractivity contribution in [3.63, 3.8) is 0 Å². The van der Waals surface area contributed by atoms with Gasteiger partial charge in [0.15, 0.2) is 11.0 Å². The van der Waals surface area contributed by atoms with Crippen LogP contribution in [0.5, 0.6) is 0 Å². The van der Waals surface area contributed by atoms with E-state index in [0.29, 0.717) is 23.9 Å². The molecule has 8 heteroatoms. The Morgan fingerprint density at radius 1 is 1.00 bits per heavy atom. The summed E-state index contributed by atoms with van der Waals surface area (Å²) in [6.07, 6.45) is -0.607. The lowest BCUT2D eigenvalue weighted by Gasteiger charge is -2.13. The van der Waals surface area contributed by atoms with Crippen molar-refractivity contribution in [3.05, 3.63) is 88.3 Å². The minimum Gasteiger partial charge on any atom is -0.390 e. The van der Waals surface area contributed by atoms with E-state index in [4.69, 9.17) is 16.3 Å². The highest BCUT2D eigenvalue weighted by molar-refractivity contribution is 7.99. The van der Waals surface area contributed by atoms with E-state index in [1.165, 1.54) is 17.3 Å². The summed E-state index contributed by atoms with van der Waals surface area (Å²) in [4.78, 5) is 1.07. The van der Waals surface area contributed by atoms with Crippen molar-refractivity contribution in [2.24, 2.45) is 0 Å². The van der Waals surface area contributed by atoms with Crippen LogP contribution in [0.3, 0.4) is 0 Å². The van der Waals surface area contributed by atoms with E-state index in [1.54, 1.807) is 11.3 Å². The van der Waals surface area contributed by atoms with Crippen LogP contribution in [0.25, 0.3) is 10.7 Å². The zero-order valence-electron chi connectivity index (χ0n) is 16.7. The predicted octanol–water partition coefficient (Wildman–Crippen LogP) is 5.38. The molecule has 0 spiro atoms. The lowest BCUT2D eigenvalue weighted by molar-refractivity contribution is 0.0397. The van der Waals surface area contributed by atoms with Crippen LogP contribution in [-0.2, 0) is 17.9 Å². The van der Waals surface area contributed by atoms with Gasteiger partial charge in [0.2, 0.25) is 0 Å². The number of ether oxygens (including phenoxy) is 1. The number of thioether (sulfide) groups is 1. The molecular formula is C23H22ClN3O2S2. The standard InChI is InChI=1S/C23H22ClN3O2S2/c24-19-10-8-18(9-11-19)14-29-15-20(28)16-31-23-26-25-22(21-7-4-12-30-21)27(23)13-17-5-2-1-3-6-17/h1-12,20,28H,13-16H2. The molecule has 0 radical (unpaired) electrons. The van der Waals surface area contributed by atoms with E-state index >= 15 is 0 Å². The first-order chi connectivity index (χ1) is 15.2. The summed E-state index contributed by atoms with van der Waals surface area (Å²) in [5.74, 6) is 1.31. The second-order valence-electron chi connectivity index (χ2n) is 6.96. The Kier molecular flexibility index (Phi) is 7.77. The van der Waals surface area contributed by atoms with Crippen molar-refractivity contribution in [2.75, 3.05) is 12.4 Å². The molecule has 0 amide bonds. The Bertz CT molecular complexity index is 1070. The molecule has 5 nitrogen and oxygen atoms in total. The van der Waals surface area contributed by atoms with Gasteiger partial charge in [0.1, 0.15) is 0 Å². The highest BCUT2D eigenvalue weighted by Gasteiger charge is 2.17. The first-order valence-corrected chi connectivity index (χ1v) is 12.1. The lowest BCUT2D eigenvalue weighted by Crippen LogP contribution is -2.18. The molecule has 0 bridgehead atoms. The molecule has 1 unspecified atom stereocenters. The number of rotatable bonds is 10. The van der Waals surface area contributed by atoms with E-state index in [-0.39, 0.29) is 6.61 Å². The molecule has 0 saturated carbocycles. The number of halogens is 1. The van der Waals surface area contributed by atoms with Crippen molar-refractivity contribution >= 4 is 34.7 Å². The minimum absolute atomic E-state index is 0.250. The second kappa shape index (κ2) is 10.9. The molecule has 0 saturated heterocycles. The number of nitrogens with zero attached hydrogens (tertiary/aromatic N) is 3. The summed E-state index contributed by atoms with van der Waals surface area (Å²) in [5.41, 5.74) is 2.20. The molecule has 4 aromatic rings. The third-order valence-electron chi connectivity index (χ3n) is 4.54. The quantitative estimate of drug-likeness (QED) is 0.315. The molecule has 4 rings (SSSR count). The van der Waals surface area contributed by atoms with Crippen LogP contribution in [0.4, 0.5) is 0 Å². The van der Waals surface area contributed by atoms with Gasteiger partial charge < -0.3 is 9.84 Å². The lowest BCUT2D eigenvalue weighted by atomic mass is 10.2. The van der Waals surface area contributed by atoms with Crippen LogP contribution in [0, 0.1) is 0 Å². The first-order valence-electron chi connectivity index (χ1n) is 9.83. The normalized spacial score (nSPS) is 12.2. The third-order valence-corrected chi connectivity index (χ3v) is 6.77. The van der Waals surface area contributed by atoms with Crippen LogP contribution in [0.1, 0.15) is 11.1 Å². The van der Waals surface area contributed by atoms with E-state index in [9.17, 15) is 5.11 Å². The molecule has 1 atom stereocenters. The van der Waals surface area contributed by atoms with E-state index in [1.807, 2.05) is 60.0 Å². The van der Waals surface area contributed by atoms with Gasteiger partial charge >= 0.3 is 0 Å². The number of benzene rings is 2. The van der Waals surface area contributed by atoms with Crippen molar-refractivity contribution < 1.29 is 9.84 Å². The van der Waals surface area contributed by atoms with Crippen LogP contribution in [0.2, 0.25) is 5.02 Å². The molecular weight excluding hydrogens is 450 g/mol. The predicted molar refractivity (Wildman–Crippen MR) is 127 cm³/mol. The Hall–Kier alpha value is -2.16. The monoisotopic (exact) mass is 471 g/mol. The Balaban J connectivity index is 1.37. The Morgan fingerprint density at radius 3 is 2.55 bits per heavy atom. The number of aliphatic hydroxyl groups excluding tert-OH is 1. The summed E-state index contributed by atoms with van der Waals surface area (Å²) in [6, 6.07) is 21.8. The number of hydrogen-bond acceptors (Lipinski definition) is 6. The zero-order chi connectivity index (χ0) is 21.5. The maximum atomic E-state index is 10.4. The summed E-state index contributed by atoms with van der Waals surface area (Å²) in [6.45, 7) is 1.36. The zero-order valence-corrected chi connectivity index (χ0v) is 19.1. The van der Waals surface area contributed by atoms with Gasteiger partial charge in [0.05, 0.1) is 30.7 Å². The average Bonchev–Trinajstić information content (AvgIpc) is 3.44. The maximum absolute atomic E-state index is 10.4. The van der Waals surface area contributed by atoms with Gasteiger partial charge in [-0.1, -0.05) is 71.9 Å². The number of thiophene rings is 1. The molecule has 0 aliphatic rings. The molecule has 2 aromatic heterocycles. The smallest absolute Gasteiger partial charge is 0.191 e. The molecule has 1 N–H and O–H groups in total. The molecule has 0 aliphatic carbocycles. The number of aliphatic hydroxyl groups is 1.